The Labute approximate surface area is 210 Å². The van der Waals surface area contributed by atoms with Gasteiger partial charge in [0.2, 0.25) is 5.95 Å². The summed E-state index contributed by atoms with van der Waals surface area (Å²) in [4.78, 5) is 13.6. The van der Waals surface area contributed by atoms with Crippen LogP contribution in [0.15, 0.2) is 42.7 Å². The van der Waals surface area contributed by atoms with Crippen LogP contribution in [0.1, 0.15) is 5.56 Å². The van der Waals surface area contributed by atoms with Crippen molar-refractivity contribution >= 4 is 45.5 Å². The molecule has 3 heterocycles. The molecule has 0 radical (unpaired) electrons. The minimum absolute atomic E-state index is 0.462. The summed E-state index contributed by atoms with van der Waals surface area (Å²) in [5.74, 6) is 1.34. The number of nitrogens with two attached hydrogens (primary N) is 1. The Bertz CT molecular complexity index is 1400. The van der Waals surface area contributed by atoms with E-state index < -0.39 is 0 Å². The van der Waals surface area contributed by atoms with Crippen LogP contribution >= 0.6 is 11.6 Å². The molecule has 182 valence electrons. The lowest BCUT2D eigenvalue weighted by Gasteiger charge is -2.24. The van der Waals surface area contributed by atoms with E-state index in [-0.39, 0.29) is 0 Å². The second-order valence-corrected chi connectivity index (χ2v) is 9.61. The van der Waals surface area contributed by atoms with Gasteiger partial charge in [0, 0.05) is 43.0 Å². The molecule has 8 nitrogen and oxygen atoms in total. The Kier molecular flexibility index (Phi) is 6.17. The highest BCUT2D eigenvalue weighted by Crippen LogP contribution is 2.39. The predicted molar refractivity (Wildman–Crippen MR) is 144 cm³/mol. The van der Waals surface area contributed by atoms with Gasteiger partial charge in [-0.05, 0) is 44.8 Å². The van der Waals surface area contributed by atoms with Crippen LogP contribution in [0, 0.1) is 6.92 Å². The number of ether oxygens (including phenoxy) is 1. The number of nitrogens with zero attached hydrogens (tertiary/aromatic N) is 5. The van der Waals surface area contributed by atoms with E-state index in [2.05, 4.69) is 64.1 Å². The quantitative estimate of drug-likeness (QED) is 0.360. The van der Waals surface area contributed by atoms with Crippen molar-refractivity contribution in [1.82, 2.24) is 19.4 Å². The fourth-order valence-corrected chi connectivity index (χ4v) is 4.64. The van der Waals surface area contributed by atoms with Gasteiger partial charge in [0.1, 0.15) is 12.4 Å². The van der Waals surface area contributed by atoms with E-state index in [9.17, 15) is 0 Å². The largest absolute Gasteiger partial charge is 0.490 e. The van der Waals surface area contributed by atoms with Gasteiger partial charge in [0.05, 0.1) is 40.3 Å². The van der Waals surface area contributed by atoms with E-state index in [1.54, 1.807) is 6.20 Å². The molecule has 35 heavy (non-hydrogen) atoms. The maximum absolute atomic E-state index is 6.58. The summed E-state index contributed by atoms with van der Waals surface area (Å²) in [7, 11) is 6.18. The van der Waals surface area contributed by atoms with Crippen molar-refractivity contribution in [2.24, 2.45) is 0 Å². The zero-order valence-electron chi connectivity index (χ0n) is 20.5. The number of nitrogens with one attached hydrogen (secondary N) is 1. The SMILES string of the molecule is Cc1cc(N(C)CCN(C)C)c(N)cc1Nc1ncc(Cl)c(-c2cn3c4c(cccc24)OCC3)n1. The fourth-order valence-electron chi connectivity index (χ4n) is 4.44. The number of para-hydroxylation sites is 1. The summed E-state index contributed by atoms with van der Waals surface area (Å²) in [6.45, 7) is 5.31. The molecule has 4 aromatic rings. The molecule has 0 atom stereocenters. The van der Waals surface area contributed by atoms with E-state index in [0.29, 0.717) is 29.0 Å². The van der Waals surface area contributed by atoms with E-state index in [1.807, 2.05) is 25.1 Å². The minimum atomic E-state index is 0.462. The molecule has 3 N–H and O–H groups in total. The number of hydrogen-bond acceptors (Lipinski definition) is 7. The summed E-state index contributed by atoms with van der Waals surface area (Å²) in [6.07, 6.45) is 3.73. The molecule has 0 saturated carbocycles. The number of likely N-dealkylation sites (N-methyl/N-ethyl adjacent to an activating group) is 2. The van der Waals surface area contributed by atoms with E-state index in [1.165, 1.54) is 0 Å². The number of aryl methyl sites for hydroxylation is 1. The summed E-state index contributed by atoms with van der Waals surface area (Å²) in [5, 5.41) is 4.89. The van der Waals surface area contributed by atoms with Crippen molar-refractivity contribution in [2.75, 3.05) is 56.8 Å². The van der Waals surface area contributed by atoms with Gasteiger partial charge in [-0.25, -0.2) is 9.97 Å². The monoisotopic (exact) mass is 491 g/mol. The average Bonchev–Trinajstić information content (AvgIpc) is 3.21. The number of anilines is 4. The first-order valence-electron chi connectivity index (χ1n) is 11.6. The summed E-state index contributed by atoms with van der Waals surface area (Å²) >= 11 is 6.58. The van der Waals surface area contributed by atoms with Crippen LogP contribution in [0.5, 0.6) is 5.75 Å². The highest BCUT2D eigenvalue weighted by atomic mass is 35.5. The lowest BCUT2D eigenvalue weighted by atomic mass is 10.1. The number of aromatic nitrogens is 3. The van der Waals surface area contributed by atoms with Crippen molar-refractivity contribution in [3.63, 3.8) is 0 Å². The fraction of sp³-hybridized carbons (Fsp3) is 0.308. The number of benzene rings is 2. The summed E-state index contributed by atoms with van der Waals surface area (Å²) < 4.78 is 8.04. The van der Waals surface area contributed by atoms with Gasteiger partial charge in [0.25, 0.3) is 0 Å². The maximum Gasteiger partial charge on any atom is 0.227 e. The third kappa shape index (κ3) is 4.47. The molecule has 0 fully saturated rings. The Morgan fingerprint density at radius 2 is 2.03 bits per heavy atom. The zero-order chi connectivity index (χ0) is 24.7. The van der Waals surface area contributed by atoms with Gasteiger partial charge in [0.15, 0.2) is 0 Å². The molecular weight excluding hydrogens is 462 g/mol. The van der Waals surface area contributed by atoms with Crippen molar-refractivity contribution in [3.8, 4) is 17.0 Å². The third-order valence-corrected chi connectivity index (χ3v) is 6.64. The molecule has 0 amide bonds. The van der Waals surface area contributed by atoms with Crippen molar-refractivity contribution < 1.29 is 4.74 Å². The number of halogens is 1. The van der Waals surface area contributed by atoms with Gasteiger partial charge in [-0.1, -0.05) is 23.7 Å². The van der Waals surface area contributed by atoms with Crippen LogP contribution in [0.25, 0.3) is 22.2 Å². The normalized spacial score (nSPS) is 12.7. The highest BCUT2D eigenvalue weighted by Gasteiger charge is 2.21. The standard InChI is InChI=1S/C26H30ClN7O/c1-16-12-22(33(4)9-8-32(2)3)20(28)13-21(16)30-26-29-14-19(27)24(31-26)18-15-34-10-11-35-23-7-5-6-17(18)25(23)34/h5-7,12-15H,8-11,28H2,1-4H3,(H,29,30,31). The highest BCUT2D eigenvalue weighted by molar-refractivity contribution is 6.33. The van der Waals surface area contributed by atoms with Crippen molar-refractivity contribution in [1.29, 1.82) is 0 Å². The van der Waals surface area contributed by atoms with Gasteiger partial charge >= 0.3 is 0 Å². The first-order valence-corrected chi connectivity index (χ1v) is 12.0. The Morgan fingerprint density at radius 1 is 1.20 bits per heavy atom. The second-order valence-electron chi connectivity index (χ2n) is 9.20. The Balaban J connectivity index is 1.46. The first kappa shape index (κ1) is 23.3. The summed E-state index contributed by atoms with van der Waals surface area (Å²) in [6, 6.07) is 10.1. The number of nitrogen functional groups attached to an aromatic ring is 1. The molecule has 5 rings (SSSR count). The summed E-state index contributed by atoms with van der Waals surface area (Å²) in [5.41, 5.74) is 12.7. The third-order valence-electron chi connectivity index (χ3n) is 6.36. The van der Waals surface area contributed by atoms with Crippen LogP contribution in [0.3, 0.4) is 0 Å². The van der Waals surface area contributed by atoms with Crippen molar-refractivity contribution in [3.05, 3.63) is 53.3 Å². The van der Waals surface area contributed by atoms with Gasteiger partial charge in [-0.3, -0.25) is 0 Å². The van der Waals surface area contributed by atoms with E-state index >= 15 is 0 Å². The number of rotatable bonds is 7. The lowest BCUT2D eigenvalue weighted by Crippen LogP contribution is -2.29. The van der Waals surface area contributed by atoms with Crippen LogP contribution in [0.4, 0.5) is 23.0 Å². The van der Waals surface area contributed by atoms with Gasteiger partial charge < -0.3 is 30.2 Å². The van der Waals surface area contributed by atoms with Crippen LogP contribution < -0.4 is 20.7 Å². The van der Waals surface area contributed by atoms with Crippen molar-refractivity contribution in [2.45, 2.75) is 13.5 Å². The van der Waals surface area contributed by atoms with Crippen LogP contribution in [-0.4, -0.2) is 60.3 Å². The van der Waals surface area contributed by atoms with Crippen LogP contribution in [-0.2, 0) is 6.54 Å². The smallest absolute Gasteiger partial charge is 0.227 e. The molecule has 1 aliphatic heterocycles. The molecule has 2 aromatic heterocycles. The lowest BCUT2D eigenvalue weighted by molar-refractivity contribution is 0.287. The van der Waals surface area contributed by atoms with Crippen LogP contribution in [0.2, 0.25) is 5.02 Å². The van der Waals surface area contributed by atoms with E-state index in [0.717, 1.165) is 58.8 Å². The molecule has 0 bridgehead atoms. The molecular formula is C26H30ClN7O. The molecule has 0 aliphatic carbocycles. The molecule has 9 heteroatoms. The maximum atomic E-state index is 6.58. The molecule has 0 unspecified atom stereocenters. The second kappa shape index (κ2) is 9.28. The van der Waals surface area contributed by atoms with Gasteiger partial charge in [-0.2, -0.15) is 0 Å². The average molecular weight is 492 g/mol. The molecule has 2 aromatic carbocycles. The zero-order valence-corrected chi connectivity index (χ0v) is 21.2. The Morgan fingerprint density at radius 3 is 2.83 bits per heavy atom. The topological polar surface area (TPSA) is 84.5 Å². The minimum Gasteiger partial charge on any atom is -0.490 e. The molecule has 0 spiro atoms. The van der Waals surface area contributed by atoms with E-state index in [4.69, 9.17) is 27.1 Å². The molecule has 1 aliphatic rings. The predicted octanol–water partition coefficient (Wildman–Crippen LogP) is 4.78. The first-order chi connectivity index (χ1) is 16.8. The Hall–Kier alpha value is -3.49. The number of hydrogen-bond donors (Lipinski definition) is 2. The molecule has 0 saturated heterocycles. The van der Waals surface area contributed by atoms with Gasteiger partial charge in [-0.15, -0.1) is 0 Å².